The highest BCUT2D eigenvalue weighted by Gasteiger charge is 2.21. The van der Waals surface area contributed by atoms with Crippen LogP contribution in [0.5, 0.6) is 0 Å². The fourth-order valence-corrected chi connectivity index (χ4v) is 2.06. The van der Waals surface area contributed by atoms with Gasteiger partial charge in [0.25, 0.3) is 5.91 Å². The lowest BCUT2D eigenvalue weighted by atomic mass is 9.86. The van der Waals surface area contributed by atoms with Crippen molar-refractivity contribution in [2.75, 3.05) is 13.1 Å². The zero-order valence-corrected chi connectivity index (χ0v) is 13.5. The average molecular weight is 291 g/mol. The van der Waals surface area contributed by atoms with Gasteiger partial charge in [-0.2, -0.15) is 0 Å². The van der Waals surface area contributed by atoms with E-state index in [1.165, 1.54) is 5.56 Å². The first kappa shape index (κ1) is 17.2. The van der Waals surface area contributed by atoms with Crippen molar-refractivity contribution in [3.8, 4) is 0 Å². The minimum Gasteiger partial charge on any atom is -0.481 e. The van der Waals surface area contributed by atoms with E-state index in [-0.39, 0.29) is 17.9 Å². The number of hydrogen-bond acceptors (Lipinski definition) is 2. The van der Waals surface area contributed by atoms with Gasteiger partial charge in [-0.15, -0.1) is 0 Å². The molecule has 4 heteroatoms. The predicted octanol–water partition coefficient (Wildman–Crippen LogP) is 3.17. The number of nitrogens with zero attached hydrogens (tertiary/aromatic N) is 1. The minimum absolute atomic E-state index is 0.0455. The van der Waals surface area contributed by atoms with Gasteiger partial charge in [0.1, 0.15) is 0 Å². The van der Waals surface area contributed by atoms with Crippen molar-refractivity contribution in [3.05, 3.63) is 35.4 Å². The molecule has 0 aliphatic rings. The van der Waals surface area contributed by atoms with Gasteiger partial charge in [-0.1, -0.05) is 39.8 Å². The molecule has 0 aromatic heterocycles. The molecule has 0 heterocycles. The first-order valence-corrected chi connectivity index (χ1v) is 7.29. The number of amides is 1. The van der Waals surface area contributed by atoms with Gasteiger partial charge in [0.05, 0.1) is 5.92 Å². The van der Waals surface area contributed by atoms with Gasteiger partial charge in [0.2, 0.25) is 0 Å². The minimum atomic E-state index is -0.885. The van der Waals surface area contributed by atoms with E-state index >= 15 is 0 Å². The molecule has 0 saturated carbocycles. The highest BCUT2D eigenvalue weighted by Crippen LogP contribution is 2.22. The number of carboxylic acid groups (broad SMARTS) is 1. The lowest BCUT2D eigenvalue weighted by Gasteiger charge is -2.24. The van der Waals surface area contributed by atoms with Crippen LogP contribution >= 0.6 is 0 Å². The van der Waals surface area contributed by atoms with Crippen molar-refractivity contribution >= 4 is 11.9 Å². The largest absolute Gasteiger partial charge is 0.481 e. The Labute approximate surface area is 126 Å². The Kier molecular flexibility index (Phi) is 5.53. The molecule has 0 saturated heterocycles. The highest BCUT2D eigenvalue weighted by molar-refractivity contribution is 5.94. The molecule has 0 fully saturated rings. The fourth-order valence-electron chi connectivity index (χ4n) is 2.06. The Morgan fingerprint density at radius 2 is 1.71 bits per heavy atom. The normalized spacial score (nSPS) is 12.8. The van der Waals surface area contributed by atoms with Gasteiger partial charge in [-0.05, 0) is 30.0 Å². The number of carbonyl (C=O) groups is 2. The topological polar surface area (TPSA) is 57.6 Å². The van der Waals surface area contributed by atoms with Crippen LogP contribution in [0.3, 0.4) is 0 Å². The van der Waals surface area contributed by atoms with Crippen molar-refractivity contribution in [1.29, 1.82) is 0 Å². The van der Waals surface area contributed by atoms with Gasteiger partial charge in [0, 0.05) is 18.7 Å². The molecule has 4 nitrogen and oxygen atoms in total. The van der Waals surface area contributed by atoms with E-state index in [1.54, 1.807) is 11.8 Å². The summed E-state index contributed by atoms with van der Waals surface area (Å²) in [6.07, 6.45) is 0. The Morgan fingerprint density at radius 1 is 1.19 bits per heavy atom. The lowest BCUT2D eigenvalue weighted by molar-refractivity contribution is -0.141. The molecule has 1 atom stereocenters. The second-order valence-corrected chi connectivity index (χ2v) is 6.41. The number of carbonyl (C=O) groups excluding carboxylic acids is 1. The monoisotopic (exact) mass is 291 g/mol. The van der Waals surface area contributed by atoms with E-state index in [9.17, 15) is 9.59 Å². The maximum Gasteiger partial charge on any atom is 0.308 e. The Morgan fingerprint density at radius 3 is 2.10 bits per heavy atom. The van der Waals surface area contributed by atoms with Crippen molar-refractivity contribution in [2.45, 2.75) is 40.0 Å². The molecule has 0 aliphatic heterocycles. The molecule has 1 rings (SSSR count). The molecule has 0 spiro atoms. The number of carboxylic acids is 1. The van der Waals surface area contributed by atoms with Crippen LogP contribution < -0.4 is 0 Å². The molecule has 116 valence electrons. The van der Waals surface area contributed by atoms with Gasteiger partial charge < -0.3 is 10.0 Å². The second kappa shape index (κ2) is 6.74. The van der Waals surface area contributed by atoms with Crippen LogP contribution in [-0.4, -0.2) is 35.0 Å². The first-order valence-electron chi connectivity index (χ1n) is 7.29. The predicted molar refractivity (Wildman–Crippen MR) is 83.5 cm³/mol. The van der Waals surface area contributed by atoms with Gasteiger partial charge in [-0.25, -0.2) is 0 Å². The van der Waals surface area contributed by atoms with E-state index in [0.29, 0.717) is 12.1 Å². The number of rotatable bonds is 5. The Hall–Kier alpha value is -1.84. The molecule has 0 bridgehead atoms. The van der Waals surface area contributed by atoms with Crippen LogP contribution in [-0.2, 0) is 10.2 Å². The summed E-state index contributed by atoms with van der Waals surface area (Å²) in [5.41, 5.74) is 1.81. The van der Waals surface area contributed by atoms with Gasteiger partial charge >= 0.3 is 5.97 Å². The zero-order valence-electron chi connectivity index (χ0n) is 13.5. The molecule has 1 aromatic carbocycles. The summed E-state index contributed by atoms with van der Waals surface area (Å²) in [6.45, 7) is 10.6. The quantitative estimate of drug-likeness (QED) is 0.906. The second-order valence-electron chi connectivity index (χ2n) is 6.41. The van der Waals surface area contributed by atoms with Crippen LogP contribution in [0.4, 0.5) is 0 Å². The van der Waals surface area contributed by atoms with Crippen molar-refractivity contribution in [3.63, 3.8) is 0 Å². The number of aliphatic carboxylic acids is 1. The Bertz CT molecular complexity index is 500. The summed E-state index contributed by atoms with van der Waals surface area (Å²) in [6, 6.07) is 7.55. The number of benzene rings is 1. The highest BCUT2D eigenvalue weighted by atomic mass is 16.4. The molecular formula is C17H25NO3. The van der Waals surface area contributed by atoms with E-state index in [4.69, 9.17) is 5.11 Å². The molecule has 0 radical (unpaired) electrons. The van der Waals surface area contributed by atoms with Crippen LogP contribution in [0, 0.1) is 5.92 Å². The summed E-state index contributed by atoms with van der Waals surface area (Å²) in [7, 11) is 0. The van der Waals surface area contributed by atoms with Crippen molar-refractivity contribution in [1.82, 2.24) is 4.90 Å². The molecular weight excluding hydrogens is 266 g/mol. The standard InChI is InChI=1S/C17H25NO3/c1-6-18(11-12(2)16(20)21)15(19)13-7-9-14(10-8-13)17(3,4)5/h7-10,12H,6,11H2,1-5H3,(H,20,21). The summed E-state index contributed by atoms with van der Waals surface area (Å²) in [5, 5.41) is 8.97. The van der Waals surface area contributed by atoms with Crippen LogP contribution in [0.2, 0.25) is 0 Å². The van der Waals surface area contributed by atoms with Gasteiger partial charge in [0.15, 0.2) is 0 Å². The third kappa shape index (κ3) is 4.59. The fraction of sp³-hybridized carbons (Fsp3) is 0.529. The van der Waals surface area contributed by atoms with E-state index < -0.39 is 11.9 Å². The van der Waals surface area contributed by atoms with E-state index in [1.807, 2.05) is 31.2 Å². The summed E-state index contributed by atoms with van der Waals surface area (Å²) in [5.74, 6) is -1.57. The Balaban J connectivity index is 2.88. The third-order valence-electron chi connectivity index (χ3n) is 3.58. The summed E-state index contributed by atoms with van der Waals surface area (Å²) < 4.78 is 0. The number of hydrogen-bond donors (Lipinski definition) is 1. The van der Waals surface area contributed by atoms with E-state index in [2.05, 4.69) is 20.8 Å². The molecule has 1 unspecified atom stereocenters. The zero-order chi connectivity index (χ0) is 16.2. The van der Waals surface area contributed by atoms with Crippen molar-refractivity contribution in [2.24, 2.45) is 5.92 Å². The molecule has 0 aliphatic carbocycles. The SMILES string of the molecule is CCN(CC(C)C(=O)O)C(=O)c1ccc(C(C)(C)C)cc1. The van der Waals surface area contributed by atoms with Crippen molar-refractivity contribution < 1.29 is 14.7 Å². The summed E-state index contributed by atoms with van der Waals surface area (Å²) in [4.78, 5) is 24.9. The van der Waals surface area contributed by atoms with E-state index in [0.717, 1.165) is 0 Å². The maximum atomic E-state index is 12.4. The molecule has 21 heavy (non-hydrogen) atoms. The average Bonchev–Trinajstić information content (AvgIpc) is 2.42. The summed E-state index contributed by atoms with van der Waals surface area (Å²) >= 11 is 0. The van der Waals surface area contributed by atoms with Gasteiger partial charge in [-0.3, -0.25) is 9.59 Å². The maximum absolute atomic E-state index is 12.4. The molecule has 1 amide bonds. The van der Waals surface area contributed by atoms with Crippen LogP contribution in [0.25, 0.3) is 0 Å². The molecule has 1 aromatic rings. The molecule has 1 N–H and O–H groups in total. The lowest BCUT2D eigenvalue weighted by Crippen LogP contribution is -2.36. The smallest absolute Gasteiger partial charge is 0.308 e. The third-order valence-corrected chi connectivity index (χ3v) is 3.58. The first-order chi connectivity index (χ1) is 9.66. The van der Waals surface area contributed by atoms with Crippen LogP contribution in [0.1, 0.15) is 50.5 Å². The van der Waals surface area contributed by atoms with Crippen LogP contribution in [0.15, 0.2) is 24.3 Å².